The minimum absolute atomic E-state index is 0.563. The number of rotatable bonds is 3. The van der Waals surface area contributed by atoms with Gasteiger partial charge in [-0.1, -0.05) is 6.08 Å². The van der Waals surface area contributed by atoms with Gasteiger partial charge in [-0.05, 0) is 19.4 Å². The fourth-order valence-corrected chi connectivity index (χ4v) is 0.894. The third kappa shape index (κ3) is 1.98. The van der Waals surface area contributed by atoms with Crippen molar-refractivity contribution in [3.63, 3.8) is 0 Å². The van der Waals surface area contributed by atoms with E-state index >= 15 is 0 Å². The van der Waals surface area contributed by atoms with Gasteiger partial charge >= 0.3 is 0 Å². The predicted octanol–water partition coefficient (Wildman–Crippen LogP) is 0.940. The molecule has 2 nitrogen and oxygen atoms in total. The van der Waals surface area contributed by atoms with Crippen LogP contribution in [0.3, 0.4) is 0 Å². The van der Waals surface area contributed by atoms with Gasteiger partial charge in [0.2, 0.25) is 0 Å². The molecule has 0 aliphatic carbocycles. The van der Waals surface area contributed by atoms with Crippen LogP contribution in [-0.4, -0.2) is 12.8 Å². The average Bonchev–Trinajstić information content (AvgIpc) is 2.34. The minimum Gasteiger partial charge on any atom is -0.330 e. The first kappa shape index (κ1) is 6.49. The lowest BCUT2D eigenvalue weighted by atomic mass is 10.1. The van der Waals surface area contributed by atoms with Gasteiger partial charge in [-0.25, -0.2) is 0 Å². The number of aliphatic imine (C=N–C) groups is 1. The lowest BCUT2D eigenvalue weighted by Crippen LogP contribution is -2.02. The van der Waals surface area contributed by atoms with E-state index in [1.54, 1.807) is 0 Å². The predicted molar refractivity (Wildman–Crippen MR) is 39.4 cm³/mol. The molecular weight excluding hydrogens is 112 g/mol. The molecule has 1 aliphatic rings. The highest BCUT2D eigenvalue weighted by Crippen LogP contribution is 2.09. The van der Waals surface area contributed by atoms with Gasteiger partial charge < -0.3 is 5.73 Å². The molecule has 50 valence electrons. The van der Waals surface area contributed by atoms with Gasteiger partial charge in [-0.15, -0.1) is 0 Å². The molecule has 1 atom stereocenters. The van der Waals surface area contributed by atoms with Crippen LogP contribution >= 0.6 is 0 Å². The van der Waals surface area contributed by atoms with Crippen molar-refractivity contribution in [3.05, 3.63) is 12.3 Å². The second-order valence-electron chi connectivity index (χ2n) is 2.23. The molecule has 9 heavy (non-hydrogen) atoms. The highest BCUT2D eigenvalue weighted by atomic mass is 14.7. The molecule has 0 bridgehead atoms. The fraction of sp³-hybridized carbons (Fsp3) is 0.571. The van der Waals surface area contributed by atoms with Gasteiger partial charge in [-0.3, -0.25) is 4.99 Å². The summed E-state index contributed by atoms with van der Waals surface area (Å²) in [4.78, 5) is 3.97. The lowest BCUT2D eigenvalue weighted by Gasteiger charge is -1.99. The zero-order valence-electron chi connectivity index (χ0n) is 5.46. The third-order valence-corrected chi connectivity index (χ3v) is 1.44. The standard InChI is InChI=1S/C7H12N2/c8-4-1-2-7-3-5-9-6-7/h3,5-7H,1-2,4,8H2. The SMILES string of the molecule is NCCCC1C=CN=C1. The number of allylic oxidation sites excluding steroid dienone is 1. The molecule has 2 heteroatoms. The molecule has 1 rings (SSSR count). The molecular formula is C7H12N2. The maximum atomic E-state index is 5.34. The number of nitrogens with zero attached hydrogens (tertiary/aromatic N) is 1. The quantitative estimate of drug-likeness (QED) is 0.597. The molecule has 1 unspecified atom stereocenters. The minimum atomic E-state index is 0.563. The monoisotopic (exact) mass is 124 g/mol. The van der Waals surface area contributed by atoms with Crippen molar-refractivity contribution in [2.24, 2.45) is 16.6 Å². The van der Waals surface area contributed by atoms with E-state index in [0.29, 0.717) is 5.92 Å². The van der Waals surface area contributed by atoms with Crippen LogP contribution in [-0.2, 0) is 0 Å². The van der Waals surface area contributed by atoms with E-state index in [1.807, 2.05) is 12.4 Å². The summed E-state index contributed by atoms with van der Waals surface area (Å²) < 4.78 is 0. The van der Waals surface area contributed by atoms with Crippen LogP contribution < -0.4 is 5.73 Å². The Bertz CT molecular complexity index is 115. The third-order valence-electron chi connectivity index (χ3n) is 1.44. The molecule has 0 amide bonds. The van der Waals surface area contributed by atoms with Crippen LogP contribution in [0.5, 0.6) is 0 Å². The molecule has 1 aliphatic heterocycles. The average molecular weight is 124 g/mol. The Kier molecular flexibility index (Phi) is 2.46. The summed E-state index contributed by atoms with van der Waals surface area (Å²) in [5, 5.41) is 0. The summed E-state index contributed by atoms with van der Waals surface area (Å²) in [6.07, 6.45) is 8.17. The molecule has 0 radical (unpaired) electrons. The van der Waals surface area contributed by atoms with Crippen LogP contribution in [0, 0.1) is 5.92 Å². The van der Waals surface area contributed by atoms with E-state index in [-0.39, 0.29) is 0 Å². The zero-order valence-corrected chi connectivity index (χ0v) is 5.46. The molecule has 2 N–H and O–H groups in total. The van der Waals surface area contributed by atoms with Crippen LogP contribution in [0.15, 0.2) is 17.3 Å². The first-order valence-electron chi connectivity index (χ1n) is 3.33. The summed E-state index contributed by atoms with van der Waals surface area (Å²) in [5.74, 6) is 0.563. The second-order valence-corrected chi connectivity index (χ2v) is 2.23. The van der Waals surface area contributed by atoms with Gasteiger partial charge in [0.1, 0.15) is 0 Å². The molecule has 0 aromatic heterocycles. The maximum absolute atomic E-state index is 5.34. The Labute approximate surface area is 55.5 Å². The van der Waals surface area contributed by atoms with Gasteiger partial charge in [-0.2, -0.15) is 0 Å². The lowest BCUT2D eigenvalue weighted by molar-refractivity contribution is 0.699. The molecule has 0 aromatic carbocycles. The van der Waals surface area contributed by atoms with Crippen LogP contribution in [0.2, 0.25) is 0 Å². The van der Waals surface area contributed by atoms with E-state index in [0.717, 1.165) is 19.4 Å². The topological polar surface area (TPSA) is 38.4 Å². The first-order valence-corrected chi connectivity index (χ1v) is 3.33. The van der Waals surface area contributed by atoms with Crippen LogP contribution in [0.4, 0.5) is 0 Å². The molecule has 0 saturated carbocycles. The number of nitrogens with two attached hydrogens (primary N) is 1. The first-order chi connectivity index (χ1) is 4.43. The maximum Gasteiger partial charge on any atom is 0.0230 e. The summed E-state index contributed by atoms with van der Waals surface area (Å²) in [5.41, 5.74) is 5.34. The van der Waals surface area contributed by atoms with Crippen molar-refractivity contribution in [2.45, 2.75) is 12.8 Å². The van der Waals surface area contributed by atoms with Crippen molar-refractivity contribution in [1.82, 2.24) is 0 Å². The van der Waals surface area contributed by atoms with E-state index < -0.39 is 0 Å². The Morgan fingerprint density at radius 2 is 2.44 bits per heavy atom. The van der Waals surface area contributed by atoms with Crippen molar-refractivity contribution in [1.29, 1.82) is 0 Å². The highest BCUT2D eigenvalue weighted by molar-refractivity contribution is 5.66. The molecule has 1 heterocycles. The fourth-order valence-electron chi connectivity index (χ4n) is 0.894. The number of hydrogen-bond donors (Lipinski definition) is 1. The van der Waals surface area contributed by atoms with Gasteiger partial charge in [0.15, 0.2) is 0 Å². The Morgan fingerprint density at radius 3 is 3.00 bits per heavy atom. The largest absolute Gasteiger partial charge is 0.330 e. The van der Waals surface area contributed by atoms with E-state index in [4.69, 9.17) is 5.73 Å². The normalized spacial score (nSPS) is 23.4. The van der Waals surface area contributed by atoms with E-state index in [1.165, 1.54) is 0 Å². The molecule has 0 spiro atoms. The zero-order chi connectivity index (χ0) is 6.53. The highest BCUT2D eigenvalue weighted by Gasteiger charge is 2.02. The van der Waals surface area contributed by atoms with Crippen molar-refractivity contribution in [2.75, 3.05) is 6.54 Å². The van der Waals surface area contributed by atoms with Crippen LogP contribution in [0.25, 0.3) is 0 Å². The molecule has 0 saturated heterocycles. The van der Waals surface area contributed by atoms with Gasteiger partial charge in [0.05, 0.1) is 0 Å². The van der Waals surface area contributed by atoms with Gasteiger partial charge in [0, 0.05) is 18.3 Å². The van der Waals surface area contributed by atoms with Gasteiger partial charge in [0.25, 0.3) is 0 Å². The summed E-state index contributed by atoms with van der Waals surface area (Å²) >= 11 is 0. The summed E-state index contributed by atoms with van der Waals surface area (Å²) in [6, 6.07) is 0. The summed E-state index contributed by atoms with van der Waals surface area (Å²) in [6.45, 7) is 0.790. The Balaban J connectivity index is 2.13. The van der Waals surface area contributed by atoms with E-state index in [9.17, 15) is 0 Å². The van der Waals surface area contributed by atoms with Crippen LogP contribution in [0.1, 0.15) is 12.8 Å². The van der Waals surface area contributed by atoms with E-state index in [2.05, 4.69) is 11.1 Å². The van der Waals surface area contributed by atoms with Crippen molar-refractivity contribution < 1.29 is 0 Å². The second kappa shape index (κ2) is 3.41. The summed E-state index contributed by atoms with van der Waals surface area (Å²) in [7, 11) is 0. The molecule has 0 fully saturated rings. The number of hydrogen-bond acceptors (Lipinski definition) is 2. The Morgan fingerprint density at radius 1 is 1.56 bits per heavy atom. The van der Waals surface area contributed by atoms with Crippen molar-refractivity contribution >= 4 is 6.21 Å². The van der Waals surface area contributed by atoms with Crippen molar-refractivity contribution in [3.8, 4) is 0 Å². The molecule has 0 aromatic rings. The smallest absolute Gasteiger partial charge is 0.0230 e. The Hall–Kier alpha value is -0.630.